The Morgan fingerprint density at radius 1 is 1.35 bits per heavy atom. The molecule has 0 atom stereocenters. The Morgan fingerprint density at radius 3 is 2.60 bits per heavy atom. The van der Waals surface area contributed by atoms with Gasteiger partial charge in [-0.25, -0.2) is 9.36 Å². The number of halogens is 3. The maximum atomic E-state index is 12.1. The van der Waals surface area contributed by atoms with Crippen LogP contribution in [0.2, 0.25) is 10.0 Å². The Kier molecular flexibility index (Phi) is 6.29. The van der Waals surface area contributed by atoms with Crippen LogP contribution in [0.25, 0.3) is 0 Å². The number of aryl methyl sites for hydroxylation is 1. The molecule has 2 rings (SSSR count). The lowest BCUT2D eigenvalue weighted by Crippen LogP contribution is -3.00. The minimum atomic E-state index is -0.105. The van der Waals surface area contributed by atoms with Crippen LogP contribution in [0.15, 0.2) is 36.9 Å². The first-order valence-electron chi connectivity index (χ1n) is 5.70. The first-order valence-corrected chi connectivity index (χ1v) is 6.45. The van der Waals surface area contributed by atoms with E-state index >= 15 is 0 Å². The highest BCUT2D eigenvalue weighted by Crippen LogP contribution is 2.23. The monoisotopic (exact) mass is 425 g/mol. The van der Waals surface area contributed by atoms with E-state index in [9.17, 15) is 4.79 Å². The van der Waals surface area contributed by atoms with Crippen molar-refractivity contribution in [2.24, 2.45) is 7.05 Å². The van der Waals surface area contributed by atoms with Crippen LogP contribution in [0.5, 0.6) is 0 Å². The molecule has 108 valence electrons. The standard InChI is InChI=1S/C13H14Cl2N3O.HI/c1-16-5-6-18(9-16)13(19)17(2)8-10-3-4-11(14)12(15)7-10;/h3-7,9H,8H2,1-2H3;1H/q+1;/p-1. The average molecular weight is 426 g/mol. The molecule has 0 aliphatic carbocycles. The van der Waals surface area contributed by atoms with Crippen molar-refractivity contribution < 1.29 is 33.3 Å². The molecule has 7 heteroatoms. The summed E-state index contributed by atoms with van der Waals surface area (Å²) < 4.78 is 3.34. The number of amides is 1. The first kappa shape index (κ1) is 17.3. The average Bonchev–Trinajstić information content (AvgIpc) is 2.79. The second-order valence-corrected chi connectivity index (χ2v) is 5.19. The number of imidazole rings is 1. The third-order valence-corrected chi connectivity index (χ3v) is 3.46. The van der Waals surface area contributed by atoms with Gasteiger partial charge in [0, 0.05) is 13.6 Å². The number of aromatic nitrogens is 2. The smallest absolute Gasteiger partial charge is 0.415 e. The van der Waals surface area contributed by atoms with E-state index in [2.05, 4.69) is 0 Å². The van der Waals surface area contributed by atoms with Crippen LogP contribution in [0.4, 0.5) is 4.79 Å². The molecule has 0 saturated carbocycles. The van der Waals surface area contributed by atoms with Crippen molar-refractivity contribution in [2.45, 2.75) is 6.54 Å². The summed E-state index contributed by atoms with van der Waals surface area (Å²) >= 11 is 11.8. The molecule has 0 bridgehead atoms. The highest BCUT2D eigenvalue weighted by molar-refractivity contribution is 6.42. The zero-order chi connectivity index (χ0) is 14.0. The zero-order valence-electron chi connectivity index (χ0n) is 11.1. The van der Waals surface area contributed by atoms with E-state index < -0.39 is 0 Å². The van der Waals surface area contributed by atoms with Gasteiger partial charge in [-0.3, -0.25) is 0 Å². The number of benzene rings is 1. The summed E-state index contributed by atoms with van der Waals surface area (Å²) in [6.45, 7) is 0.470. The van der Waals surface area contributed by atoms with E-state index in [0.29, 0.717) is 16.6 Å². The summed E-state index contributed by atoms with van der Waals surface area (Å²) in [5.41, 5.74) is 0.932. The van der Waals surface area contributed by atoms with E-state index in [1.54, 1.807) is 36.6 Å². The van der Waals surface area contributed by atoms with E-state index in [1.807, 2.05) is 23.9 Å². The third-order valence-electron chi connectivity index (χ3n) is 2.72. The first-order chi connectivity index (χ1) is 8.97. The van der Waals surface area contributed by atoms with Gasteiger partial charge in [0.05, 0.1) is 17.1 Å². The van der Waals surface area contributed by atoms with Crippen molar-refractivity contribution in [3.63, 3.8) is 0 Å². The molecule has 4 nitrogen and oxygen atoms in total. The minimum Gasteiger partial charge on any atom is -1.00 e. The molecule has 1 aromatic heterocycles. The largest absolute Gasteiger partial charge is 1.00 e. The number of carbonyl (C=O) groups is 1. The molecule has 0 saturated heterocycles. The van der Waals surface area contributed by atoms with Gasteiger partial charge in [0.1, 0.15) is 12.4 Å². The molecule has 0 spiro atoms. The van der Waals surface area contributed by atoms with Crippen molar-refractivity contribution in [1.82, 2.24) is 9.47 Å². The Balaban J connectivity index is 0.00000200. The second-order valence-electron chi connectivity index (χ2n) is 4.37. The van der Waals surface area contributed by atoms with Crippen LogP contribution in [-0.4, -0.2) is 22.5 Å². The number of hydrogen-bond acceptors (Lipinski definition) is 1. The summed E-state index contributed by atoms with van der Waals surface area (Å²) in [5.74, 6) is 0. The lowest BCUT2D eigenvalue weighted by atomic mass is 10.2. The van der Waals surface area contributed by atoms with Crippen LogP contribution >= 0.6 is 23.2 Å². The van der Waals surface area contributed by atoms with Crippen LogP contribution in [0.1, 0.15) is 5.56 Å². The van der Waals surface area contributed by atoms with Crippen molar-refractivity contribution in [1.29, 1.82) is 0 Å². The lowest BCUT2D eigenvalue weighted by Gasteiger charge is -2.14. The molecule has 0 radical (unpaired) electrons. The van der Waals surface area contributed by atoms with Crippen molar-refractivity contribution in [3.05, 3.63) is 52.5 Å². The fourth-order valence-corrected chi connectivity index (χ4v) is 2.06. The number of hydrogen-bond donors (Lipinski definition) is 0. The van der Waals surface area contributed by atoms with Gasteiger partial charge >= 0.3 is 6.03 Å². The van der Waals surface area contributed by atoms with Gasteiger partial charge in [-0.2, -0.15) is 4.57 Å². The Morgan fingerprint density at radius 2 is 2.05 bits per heavy atom. The fourth-order valence-electron chi connectivity index (χ4n) is 1.74. The third kappa shape index (κ3) is 4.10. The van der Waals surface area contributed by atoms with Crippen molar-refractivity contribution in [2.75, 3.05) is 7.05 Å². The van der Waals surface area contributed by atoms with Gasteiger partial charge in [0.25, 0.3) is 6.33 Å². The summed E-state index contributed by atoms with van der Waals surface area (Å²) in [6, 6.07) is 5.25. The zero-order valence-corrected chi connectivity index (χ0v) is 14.7. The number of rotatable bonds is 2. The normalized spacial score (nSPS) is 10.0. The highest BCUT2D eigenvalue weighted by Gasteiger charge is 2.17. The number of nitrogens with zero attached hydrogens (tertiary/aromatic N) is 3. The predicted octanol–water partition coefficient (Wildman–Crippen LogP) is -0.277. The molecule has 1 aromatic carbocycles. The molecule has 20 heavy (non-hydrogen) atoms. The van der Waals surface area contributed by atoms with Crippen LogP contribution < -0.4 is 28.5 Å². The van der Waals surface area contributed by atoms with Crippen LogP contribution in [0.3, 0.4) is 0 Å². The molecular weight excluding hydrogens is 412 g/mol. The van der Waals surface area contributed by atoms with Crippen LogP contribution in [0, 0.1) is 0 Å². The van der Waals surface area contributed by atoms with E-state index in [4.69, 9.17) is 23.2 Å². The van der Waals surface area contributed by atoms with E-state index in [0.717, 1.165) is 5.56 Å². The SMILES string of the molecule is CN(Cc1ccc(Cl)c(Cl)c1)C(=O)n1cc[n+](C)c1.[I-]. The maximum absolute atomic E-state index is 12.1. The Hall–Kier alpha value is -0.790. The van der Waals surface area contributed by atoms with E-state index in [1.165, 1.54) is 4.57 Å². The topological polar surface area (TPSA) is 29.1 Å². The van der Waals surface area contributed by atoms with Crippen molar-refractivity contribution >= 4 is 29.2 Å². The minimum absolute atomic E-state index is 0. The molecule has 0 aliphatic heterocycles. The summed E-state index contributed by atoms with van der Waals surface area (Å²) in [7, 11) is 3.60. The highest BCUT2D eigenvalue weighted by atomic mass is 127. The number of carbonyl (C=O) groups excluding carboxylic acids is 1. The summed E-state index contributed by atoms with van der Waals surface area (Å²) in [5, 5.41) is 1.00. The van der Waals surface area contributed by atoms with Crippen molar-refractivity contribution in [3.8, 4) is 0 Å². The van der Waals surface area contributed by atoms with E-state index in [-0.39, 0.29) is 30.0 Å². The molecule has 0 unspecified atom stereocenters. The Bertz CT molecular complexity index is 615. The predicted molar refractivity (Wildman–Crippen MR) is 74.3 cm³/mol. The van der Waals surface area contributed by atoms with Gasteiger partial charge in [-0.15, -0.1) is 0 Å². The molecule has 1 heterocycles. The molecule has 2 aromatic rings. The fraction of sp³-hybridized carbons (Fsp3) is 0.231. The summed E-state index contributed by atoms with van der Waals surface area (Å²) in [6.07, 6.45) is 5.24. The van der Waals surface area contributed by atoms with Gasteiger partial charge in [-0.1, -0.05) is 29.3 Å². The second kappa shape index (κ2) is 7.28. The molecule has 0 N–H and O–H groups in total. The lowest BCUT2D eigenvalue weighted by molar-refractivity contribution is -0.670. The van der Waals surface area contributed by atoms with Gasteiger partial charge < -0.3 is 28.9 Å². The van der Waals surface area contributed by atoms with Gasteiger partial charge in [-0.05, 0) is 17.7 Å². The molecule has 1 amide bonds. The molecule has 0 aliphatic rings. The van der Waals surface area contributed by atoms with Gasteiger partial charge in [0.15, 0.2) is 0 Å². The van der Waals surface area contributed by atoms with Gasteiger partial charge in [0.2, 0.25) is 0 Å². The molecular formula is C13H14Cl2IN3O. The quantitative estimate of drug-likeness (QED) is 0.480. The van der Waals surface area contributed by atoms with Crippen LogP contribution in [-0.2, 0) is 13.6 Å². The summed E-state index contributed by atoms with van der Waals surface area (Å²) in [4.78, 5) is 13.7. The maximum Gasteiger partial charge on any atom is 0.415 e. The Labute approximate surface area is 144 Å². The molecule has 0 fully saturated rings.